The fourth-order valence-electron chi connectivity index (χ4n) is 2.95. The fraction of sp³-hybridized carbons (Fsp3) is 0.500. The molecule has 0 unspecified atom stereocenters. The maximum absolute atomic E-state index is 12.1. The number of H-pyrrole nitrogens is 1. The number of imidazole rings is 1. The summed E-state index contributed by atoms with van der Waals surface area (Å²) in [6.07, 6.45) is 3.90. The van der Waals surface area contributed by atoms with Crippen molar-refractivity contribution < 1.29 is 4.79 Å². The second-order valence-corrected chi connectivity index (χ2v) is 5.93. The first-order valence-corrected chi connectivity index (χ1v) is 7.82. The number of rotatable bonds is 5. The number of halogens is 2. The molecule has 2 heterocycles. The maximum Gasteiger partial charge on any atom is 0.234 e. The number of amides is 1. The summed E-state index contributed by atoms with van der Waals surface area (Å²) in [4.78, 5) is 21.5. The van der Waals surface area contributed by atoms with E-state index in [2.05, 4.69) is 25.5 Å². The van der Waals surface area contributed by atoms with Gasteiger partial charge in [-0.1, -0.05) is 6.07 Å². The van der Waals surface area contributed by atoms with Gasteiger partial charge in [-0.3, -0.25) is 9.69 Å². The van der Waals surface area contributed by atoms with Crippen LogP contribution in [0.1, 0.15) is 18.4 Å². The Kier molecular flexibility index (Phi) is 8.48. The van der Waals surface area contributed by atoms with Crippen LogP contribution in [-0.4, -0.2) is 53.5 Å². The number of carbonyl (C=O) groups is 1. The highest BCUT2D eigenvalue weighted by Crippen LogP contribution is 2.12. The summed E-state index contributed by atoms with van der Waals surface area (Å²) in [6.45, 7) is 3.09. The molecule has 3 N–H and O–H groups in total. The van der Waals surface area contributed by atoms with Crippen molar-refractivity contribution in [3.63, 3.8) is 0 Å². The third-order valence-corrected chi connectivity index (χ3v) is 4.30. The van der Waals surface area contributed by atoms with E-state index in [4.69, 9.17) is 0 Å². The number of hydrogen-bond acceptors (Lipinski definition) is 4. The zero-order valence-corrected chi connectivity index (χ0v) is 15.4. The molecule has 1 aliphatic heterocycles. The molecule has 1 fully saturated rings. The standard InChI is InChI=1S/C16H23N5O.2ClH/c1-21(13-4-6-17-7-5-13)10-16(22)18-9-12-2-3-14-15(8-12)20-11-19-14;;/h2-3,8,11,13,17H,4-7,9-10H2,1H3,(H,18,22)(H,19,20);2*1H. The highest BCUT2D eigenvalue weighted by atomic mass is 35.5. The van der Waals surface area contributed by atoms with Gasteiger partial charge in [0, 0.05) is 12.6 Å². The molecular formula is C16H25Cl2N5O. The normalized spacial score (nSPS) is 14.9. The van der Waals surface area contributed by atoms with E-state index in [9.17, 15) is 4.79 Å². The largest absolute Gasteiger partial charge is 0.351 e. The van der Waals surface area contributed by atoms with Crippen molar-refractivity contribution in [2.45, 2.75) is 25.4 Å². The number of piperidine rings is 1. The first-order chi connectivity index (χ1) is 10.7. The molecule has 2 aromatic rings. The quantitative estimate of drug-likeness (QED) is 0.745. The summed E-state index contributed by atoms with van der Waals surface area (Å²) in [7, 11) is 2.03. The minimum absolute atomic E-state index is 0. The van der Waals surface area contributed by atoms with Gasteiger partial charge in [0.05, 0.1) is 23.9 Å². The van der Waals surface area contributed by atoms with Crippen molar-refractivity contribution in [2.75, 3.05) is 26.7 Å². The van der Waals surface area contributed by atoms with Gasteiger partial charge in [0.2, 0.25) is 5.91 Å². The number of fused-ring (bicyclic) bond motifs is 1. The summed E-state index contributed by atoms with van der Waals surface area (Å²) in [5.41, 5.74) is 3.02. The number of aromatic nitrogens is 2. The van der Waals surface area contributed by atoms with Gasteiger partial charge in [0.1, 0.15) is 0 Å². The van der Waals surface area contributed by atoms with E-state index >= 15 is 0 Å². The van der Waals surface area contributed by atoms with Gasteiger partial charge in [-0.2, -0.15) is 0 Å². The Labute approximate surface area is 154 Å². The van der Waals surface area contributed by atoms with Crippen molar-refractivity contribution in [3.05, 3.63) is 30.1 Å². The summed E-state index contributed by atoms with van der Waals surface area (Å²) in [5, 5.41) is 6.34. The first kappa shape index (κ1) is 20.7. The molecule has 24 heavy (non-hydrogen) atoms. The maximum atomic E-state index is 12.1. The lowest BCUT2D eigenvalue weighted by molar-refractivity contribution is -0.122. The molecule has 0 atom stereocenters. The molecule has 134 valence electrons. The van der Waals surface area contributed by atoms with Crippen LogP contribution >= 0.6 is 24.8 Å². The van der Waals surface area contributed by atoms with Crippen LogP contribution in [0.15, 0.2) is 24.5 Å². The molecule has 0 saturated carbocycles. The first-order valence-electron chi connectivity index (χ1n) is 7.82. The number of carbonyl (C=O) groups excluding carboxylic acids is 1. The second kappa shape index (κ2) is 9.84. The van der Waals surface area contributed by atoms with E-state index in [1.165, 1.54) is 0 Å². The minimum Gasteiger partial charge on any atom is -0.351 e. The third kappa shape index (κ3) is 5.34. The number of nitrogens with one attached hydrogen (secondary N) is 3. The molecule has 1 amide bonds. The van der Waals surface area contributed by atoms with Crippen molar-refractivity contribution in [2.24, 2.45) is 0 Å². The van der Waals surface area contributed by atoms with Crippen molar-refractivity contribution in [1.82, 2.24) is 25.5 Å². The zero-order valence-electron chi connectivity index (χ0n) is 13.7. The smallest absolute Gasteiger partial charge is 0.234 e. The Bertz CT molecular complexity index is 642. The molecule has 1 aromatic heterocycles. The van der Waals surface area contributed by atoms with Crippen LogP contribution < -0.4 is 10.6 Å². The van der Waals surface area contributed by atoms with Crippen LogP contribution in [0.3, 0.4) is 0 Å². The highest BCUT2D eigenvalue weighted by Gasteiger charge is 2.19. The van der Waals surface area contributed by atoms with Crippen molar-refractivity contribution in [1.29, 1.82) is 0 Å². The Hall–Kier alpha value is -1.34. The predicted octanol–water partition coefficient (Wildman–Crippen LogP) is 1.71. The molecule has 8 heteroatoms. The van der Waals surface area contributed by atoms with E-state index in [0.717, 1.165) is 42.5 Å². The molecule has 1 aromatic carbocycles. The molecule has 0 spiro atoms. The molecule has 3 rings (SSSR count). The predicted molar refractivity (Wildman–Crippen MR) is 101 cm³/mol. The number of benzene rings is 1. The summed E-state index contributed by atoms with van der Waals surface area (Å²) >= 11 is 0. The number of nitrogens with zero attached hydrogens (tertiary/aromatic N) is 2. The van der Waals surface area contributed by atoms with E-state index in [0.29, 0.717) is 19.1 Å². The van der Waals surface area contributed by atoms with E-state index in [1.807, 2.05) is 25.2 Å². The molecule has 0 radical (unpaired) electrons. The third-order valence-electron chi connectivity index (χ3n) is 4.30. The molecule has 1 aliphatic rings. The van der Waals surface area contributed by atoms with Crippen LogP contribution in [0.5, 0.6) is 0 Å². The number of hydrogen-bond donors (Lipinski definition) is 3. The number of likely N-dealkylation sites (N-methyl/N-ethyl adjacent to an activating group) is 1. The van der Waals surface area contributed by atoms with Gasteiger partial charge in [0.25, 0.3) is 0 Å². The molecule has 0 aliphatic carbocycles. The lowest BCUT2D eigenvalue weighted by Crippen LogP contribution is -2.45. The molecule has 6 nitrogen and oxygen atoms in total. The Morgan fingerprint density at radius 1 is 1.33 bits per heavy atom. The molecule has 1 saturated heterocycles. The number of aromatic amines is 1. The van der Waals surface area contributed by atoms with Gasteiger partial charge < -0.3 is 15.6 Å². The van der Waals surface area contributed by atoms with Crippen LogP contribution in [0.2, 0.25) is 0 Å². The molecular weight excluding hydrogens is 349 g/mol. The summed E-state index contributed by atoms with van der Waals surface area (Å²) < 4.78 is 0. The van der Waals surface area contributed by atoms with Gasteiger partial charge >= 0.3 is 0 Å². The van der Waals surface area contributed by atoms with Crippen molar-refractivity contribution >= 4 is 41.8 Å². The van der Waals surface area contributed by atoms with Crippen LogP contribution in [0, 0.1) is 0 Å². The van der Waals surface area contributed by atoms with E-state index < -0.39 is 0 Å². The molecule has 0 bridgehead atoms. The lowest BCUT2D eigenvalue weighted by Gasteiger charge is -2.31. The minimum atomic E-state index is 0. The van der Waals surface area contributed by atoms with Gasteiger partial charge in [-0.25, -0.2) is 4.98 Å². The van der Waals surface area contributed by atoms with Gasteiger partial charge in [-0.15, -0.1) is 24.8 Å². The van der Waals surface area contributed by atoms with Gasteiger partial charge in [-0.05, 0) is 50.7 Å². The average molecular weight is 374 g/mol. The zero-order chi connectivity index (χ0) is 15.4. The van der Waals surface area contributed by atoms with Crippen molar-refractivity contribution in [3.8, 4) is 0 Å². The average Bonchev–Trinajstić information content (AvgIpc) is 3.01. The highest BCUT2D eigenvalue weighted by molar-refractivity contribution is 5.85. The fourth-order valence-corrected chi connectivity index (χ4v) is 2.95. The lowest BCUT2D eigenvalue weighted by atomic mass is 10.1. The van der Waals surface area contributed by atoms with Crippen LogP contribution in [0.25, 0.3) is 11.0 Å². The van der Waals surface area contributed by atoms with Crippen LogP contribution in [-0.2, 0) is 11.3 Å². The Balaban J connectivity index is 0.00000144. The monoisotopic (exact) mass is 373 g/mol. The van der Waals surface area contributed by atoms with E-state index in [1.54, 1.807) is 6.33 Å². The summed E-state index contributed by atoms with van der Waals surface area (Å²) in [5.74, 6) is 0.0748. The Morgan fingerprint density at radius 2 is 2.08 bits per heavy atom. The SMILES string of the molecule is CN(CC(=O)NCc1ccc2nc[nH]c2c1)C1CCNCC1.Cl.Cl. The topological polar surface area (TPSA) is 73.0 Å². The van der Waals surface area contributed by atoms with Gasteiger partial charge in [0.15, 0.2) is 0 Å². The van der Waals surface area contributed by atoms with E-state index in [-0.39, 0.29) is 30.7 Å². The summed E-state index contributed by atoms with van der Waals surface area (Å²) in [6, 6.07) is 6.50. The Morgan fingerprint density at radius 3 is 2.83 bits per heavy atom. The van der Waals surface area contributed by atoms with Crippen LogP contribution in [0.4, 0.5) is 0 Å². The second-order valence-electron chi connectivity index (χ2n) is 5.93.